The molecule has 8 rings (SSSR count). The molecule has 0 radical (unpaired) electrons. The number of likely N-dealkylation sites (tertiary alicyclic amines) is 1. The molecule has 1 aliphatic carbocycles. The van der Waals surface area contributed by atoms with Gasteiger partial charge in [0, 0.05) is 91.4 Å². The molecule has 3 aromatic heterocycles. The molecule has 2 aliphatic heterocycles. The van der Waals surface area contributed by atoms with Gasteiger partial charge in [-0.3, -0.25) is 14.5 Å². The summed E-state index contributed by atoms with van der Waals surface area (Å²) in [7, 11) is 2.09. The average molecular weight is 948 g/mol. The third-order valence-electron chi connectivity index (χ3n) is 13.8. The van der Waals surface area contributed by atoms with E-state index in [1.165, 1.54) is 0 Å². The van der Waals surface area contributed by atoms with Crippen molar-refractivity contribution in [3.63, 3.8) is 0 Å². The highest BCUT2D eigenvalue weighted by atomic mass is 35.5. The number of nitrogens with zero attached hydrogens (tertiary/aromatic N) is 10. The van der Waals surface area contributed by atoms with Crippen LogP contribution in [0.4, 0.5) is 22.0 Å². The molecule has 16 nitrogen and oxygen atoms in total. The van der Waals surface area contributed by atoms with E-state index in [4.69, 9.17) is 21.1 Å². The van der Waals surface area contributed by atoms with Crippen molar-refractivity contribution in [3.05, 3.63) is 101 Å². The first-order valence-electron chi connectivity index (χ1n) is 23.2. The average Bonchev–Trinajstić information content (AvgIpc) is 3.98. The quantitative estimate of drug-likeness (QED) is 0.104. The number of likely N-dealkylation sites (N-methyl/N-ethyl adjacent to an activating group) is 1. The third kappa shape index (κ3) is 9.99. The Labute approximate surface area is 402 Å². The first-order valence-corrected chi connectivity index (χ1v) is 23.6. The van der Waals surface area contributed by atoms with Crippen LogP contribution in [-0.2, 0) is 4.74 Å². The molecule has 3 aliphatic rings. The van der Waals surface area contributed by atoms with Gasteiger partial charge in [0.1, 0.15) is 29.4 Å². The summed E-state index contributed by atoms with van der Waals surface area (Å²) in [6, 6.07) is 14.4. The number of nitrogens with one attached hydrogen (secondary N) is 2. The molecule has 0 spiro atoms. The second kappa shape index (κ2) is 19.8. The number of piperidine rings is 1. The van der Waals surface area contributed by atoms with Crippen LogP contribution in [-0.4, -0.2) is 122 Å². The summed E-state index contributed by atoms with van der Waals surface area (Å²) in [6.07, 6.45) is 8.40. The summed E-state index contributed by atoms with van der Waals surface area (Å²) in [6.45, 7) is 18.3. The topological polar surface area (TPSA) is 180 Å². The van der Waals surface area contributed by atoms with E-state index in [1.807, 2.05) is 30.2 Å². The molecule has 18 heteroatoms. The van der Waals surface area contributed by atoms with Crippen molar-refractivity contribution in [1.29, 1.82) is 5.26 Å². The van der Waals surface area contributed by atoms with Gasteiger partial charge in [-0.2, -0.15) is 5.26 Å². The van der Waals surface area contributed by atoms with Gasteiger partial charge in [0.05, 0.1) is 46.9 Å². The Morgan fingerprint density at radius 2 is 1.66 bits per heavy atom. The molecule has 2 saturated heterocycles. The molecular formula is C50H60ClFN12O4. The SMILES string of the molecule is Cc1ncc(-c2nc(Nc3ccc(C(=O)N4CC[C@H](N(C)CCOC5CCN(c6ncc(C(=O)NC7C(C)(C)C(Oc8ccc(C#N)c(Cl)c8)C7(C)C)cn6)CC5)C4)cc3)ncc2F)n1C(C)C. The van der Waals surface area contributed by atoms with E-state index in [-0.39, 0.29) is 53.8 Å². The fourth-order valence-electron chi connectivity index (χ4n) is 10.4. The third-order valence-corrected chi connectivity index (χ3v) is 14.1. The van der Waals surface area contributed by atoms with Gasteiger partial charge < -0.3 is 34.5 Å². The van der Waals surface area contributed by atoms with Gasteiger partial charge in [-0.05, 0) is 83.5 Å². The number of amides is 2. The molecule has 0 unspecified atom stereocenters. The van der Waals surface area contributed by atoms with E-state index < -0.39 is 16.6 Å². The molecule has 5 aromatic rings. The van der Waals surface area contributed by atoms with Gasteiger partial charge in [0.15, 0.2) is 5.82 Å². The standard InChI is InChI=1S/C50H60ClFN12O4/c1-30(2)64-31(3)54-28-41(64)42-40(52)27-55-47(59-42)58-35-12-9-32(10-13-35)44(66)63-18-15-36(29-63)61(8)21-22-67-37-16-19-62(20-17-37)48-56-25-34(26-57-48)43(65)60-45-49(4,5)46(50(45,6)7)68-38-14-11-33(24-53)39(51)23-38/h9-14,23,25-28,30,36-37,45-46H,15-22,29H2,1-8H3,(H,60,65)(H,55,58,59)/t36-,45?,46?/m0/s1. The summed E-state index contributed by atoms with van der Waals surface area (Å²) in [5.74, 6) is 1.38. The number of rotatable bonds is 15. The summed E-state index contributed by atoms with van der Waals surface area (Å²) in [4.78, 5) is 55.4. The lowest BCUT2D eigenvalue weighted by Gasteiger charge is -2.63. The van der Waals surface area contributed by atoms with Crippen molar-refractivity contribution in [3.8, 4) is 23.2 Å². The van der Waals surface area contributed by atoms with E-state index in [2.05, 4.69) is 86.2 Å². The number of aromatic nitrogens is 6. The van der Waals surface area contributed by atoms with Crippen molar-refractivity contribution in [2.75, 3.05) is 56.6 Å². The van der Waals surface area contributed by atoms with Gasteiger partial charge in [0.2, 0.25) is 11.9 Å². The number of benzene rings is 2. The highest BCUT2D eigenvalue weighted by Gasteiger charge is 2.64. The van der Waals surface area contributed by atoms with Crippen molar-refractivity contribution in [1.82, 2.24) is 44.6 Å². The second-order valence-electron chi connectivity index (χ2n) is 19.6. The maximum atomic E-state index is 14.9. The maximum Gasteiger partial charge on any atom is 0.254 e. The minimum absolute atomic E-state index is 0.0230. The van der Waals surface area contributed by atoms with Crippen LogP contribution in [0, 0.1) is 34.9 Å². The Bertz CT molecular complexity index is 2650. The van der Waals surface area contributed by atoms with E-state index >= 15 is 0 Å². The van der Waals surface area contributed by atoms with E-state index in [0.29, 0.717) is 64.5 Å². The number of imidazole rings is 1. The maximum absolute atomic E-state index is 14.9. The summed E-state index contributed by atoms with van der Waals surface area (Å²) in [5.41, 5.74) is 2.00. The molecule has 1 atom stereocenters. The number of hydrogen-bond acceptors (Lipinski definition) is 13. The Morgan fingerprint density at radius 3 is 2.32 bits per heavy atom. The van der Waals surface area contributed by atoms with Gasteiger partial charge in [-0.25, -0.2) is 29.3 Å². The van der Waals surface area contributed by atoms with Crippen molar-refractivity contribution >= 4 is 41.0 Å². The number of nitriles is 1. The van der Waals surface area contributed by atoms with Crippen LogP contribution in [0.25, 0.3) is 11.4 Å². The normalized spacial score (nSPS) is 20.0. The molecule has 2 amide bonds. The zero-order valence-corrected chi connectivity index (χ0v) is 40.7. The minimum Gasteiger partial charge on any atom is -0.489 e. The van der Waals surface area contributed by atoms with E-state index in [9.17, 15) is 19.2 Å². The van der Waals surface area contributed by atoms with Gasteiger partial charge >= 0.3 is 0 Å². The molecule has 1 saturated carbocycles. The Hall–Kier alpha value is -6.22. The first-order chi connectivity index (χ1) is 32.4. The van der Waals surface area contributed by atoms with Crippen LogP contribution in [0.2, 0.25) is 5.02 Å². The zero-order chi connectivity index (χ0) is 48.5. The molecule has 358 valence electrons. The molecule has 3 fully saturated rings. The van der Waals surface area contributed by atoms with Crippen LogP contribution in [0.3, 0.4) is 0 Å². The molecule has 2 aromatic carbocycles. The number of carbonyl (C=O) groups excluding carboxylic acids is 2. The monoisotopic (exact) mass is 946 g/mol. The van der Waals surface area contributed by atoms with Gasteiger partial charge in [0.25, 0.3) is 11.8 Å². The molecule has 0 bridgehead atoms. The molecule has 2 N–H and O–H groups in total. The van der Waals surface area contributed by atoms with Gasteiger partial charge in [-0.15, -0.1) is 0 Å². The highest BCUT2D eigenvalue weighted by molar-refractivity contribution is 6.31. The van der Waals surface area contributed by atoms with Crippen molar-refractivity contribution < 1.29 is 23.5 Å². The van der Waals surface area contributed by atoms with Crippen LogP contribution in [0.5, 0.6) is 5.75 Å². The number of carbonyl (C=O) groups is 2. The molecule has 5 heterocycles. The summed E-state index contributed by atoms with van der Waals surface area (Å²) < 4.78 is 29.5. The molecular weight excluding hydrogens is 887 g/mol. The lowest BCUT2D eigenvalue weighted by Crippen LogP contribution is -2.74. The molecule has 68 heavy (non-hydrogen) atoms. The first kappa shape index (κ1) is 48.2. The predicted molar refractivity (Wildman–Crippen MR) is 258 cm³/mol. The predicted octanol–water partition coefficient (Wildman–Crippen LogP) is 7.87. The van der Waals surface area contributed by atoms with E-state index in [1.54, 1.807) is 61.1 Å². The summed E-state index contributed by atoms with van der Waals surface area (Å²) >= 11 is 6.25. The fourth-order valence-corrected chi connectivity index (χ4v) is 10.6. The smallest absolute Gasteiger partial charge is 0.254 e. The minimum atomic E-state index is -0.534. The van der Waals surface area contributed by atoms with Crippen molar-refractivity contribution in [2.24, 2.45) is 10.8 Å². The summed E-state index contributed by atoms with van der Waals surface area (Å²) in [5, 5.41) is 15.9. The highest BCUT2D eigenvalue weighted by Crippen LogP contribution is 2.55. The second-order valence-corrected chi connectivity index (χ2v) is 20.0. The zero-order valence-electron chi connectivity index (χ0n) is 40.0. The van der Waals surface area contributed by atoms with Gasteiger partial charge in [-0.1, -0.05) is 39.3 Å². The largest absolute Gasteiger partial charge is 0.489 e. The van der Waals surface area contributed by atoms with Crippen LogP contribution >= 0.6 is 11.6 Å². The number of ether oxygens (including phenoxy) is 2. The number of hydrogen-bond donors (Lipinski definition) is 2. The lowest BCUT2D eigenvalue weighted by molar-refractivity contribution is -0.164. The number of anilines is 3. The lowest BCUT2D eigenvalue weighted by atomic mass is 9.49. The van der Waals surface area contributed by atoms with Crippen LogP contribution in [0.15, 0.2) is 67.3 Å². The van der Waals surface area contributed by atoms with Crippen LogP contribution < -0.4 is 20.3 Å². The number of halogens is 2. The van der Waals surface area contributed by atoms with E-state index in [0.717, 1.165) is 50.9 Å². The fraction of sp³-hybridized carbons (Fsp3) is 0.480. The van der Waals surface area contributed by atoms with Crippen molar-refractivity contribution in [2.45, 2.75) is 98.1 Å². The Kier molecular flexibility index (Phi) is 14.0. The Morgan fingerprint density at radius 1 is 0.956 bits per heavy atom. The van der Waals surface area contributed by atoms with Crippen LogP contribution in [0.1, 0.15) is 99.0 Å². The number of aryl methyl sites for hydroxylation is 1. The Balaban J connectivity index is 0.746.